The van der Waals surface area contributed by atoms with Crippen molar-refractivity contribution >= 4 is 28.5 Å². The van der Waals surface area contributed by atoms with Crippen LogP contribution >= 0.6 is 11.6 Å². The summed E-state index contributed by atoms with van der Waals surface area (Å²) in [5.74, 6) is 0.622. The van der Waals surface area contributed by atoms with Gasteiger partial charge in [0, 0.05) is 26.6 Å². The Morgan fingerprint density at radius 2 is 1.86 bits per heavy atom. The van der Waals surface area contributed by atoms with Crippen LogP contribution in [0.15, 0.2) is 28.7 Å². The molecule has 0 N–H and O–H groups in total. The zero-order valence-electron chi connectivity index (χ0n) is 20.2. The highest BCUT2D eigenvalue weighted by Crippen LogP contribution is 2.45. The van der Waals surface area contributed by atoms with E-state index in [2.05, 4.69) is 9.88 Å². The highest BCUT2D eigenvalue weighted by Gasteiger charge is 2.28. The summed E-state index contributed by atoms with van der Waals surface area (Å²) < 4.78 is 36.8. The zero-order chi connectivity index (χ0) is 24.9. The van der Waals surface area contributed by atoms with Crippen molar-refractivity contribution in [3.63, 3.8) is 0 Å². The quantitative estimate of drug-likeness (QED) is 0.341. The topological polar surface area (TPSA) is 74.0 Å². The van der Waals surface area contributed by atoms with Crippen LogP contribution in [0.3, 0.4) is 0 Å². The fraction of sp³-hybridized carbons (Fsp3) is 0.462. The van der Waals surface area contributed by atoms with Gasteiger partial charge in [-0.3, -0.25) is 9.69 Å². The molecule has 0 radical (unpaired) electrons. The van der Waals surface area contributed by atoms with Crippen LogP contribution in [0.1, 0.15) is 48.0 Å². The molecule has 2 aromatic carbocycles. The summed E-state index contributed by atoms with van der Waals surface area (Å²) in [5.41, 5.74) is 1.97. The maximum absolute atomic E-state index is 13.3. The van der Waals surface area contributed by atoms with Gasteiger partial charge in [0.15, 0.2) is 17.4 Å². The van der Waals surface area contributed by atoms with Crippen molar-refractivity contribution in [3.05, 3.63) is 52.1 Å². The predicted molar refractivity (Wildman–Crippen MR) is 131 cm³/mol. The Morgan fingerprint density at radius 1 is 1.17 bits per heavy atom. The smallest absolute Gasteiger partial charge is 0.207 e. The molecule has 0 bridgehead atoms. The van der Waals surface area contributed by atoms with E-state index in [4.69, 9.17) is 30.2 Å². The fourth-order valence-corrected chi connectivity index (χ4v) is 4.49. The van der Waals surface area contributed by atoms with E-state index in [9.17, 15) is 9.18 Å². The molecule has 1 aliphatic heterocycles. The van der Waals surface area contributed by atoms with E-state index < -0.39 is 0 Å². The van der Waals surface area contributed by atoms with Gasteiger partial charge in [0.05, 0.1) is 30.4 Å². The lowest BCUT2D eigenvalue weighted by Crippen LogP contribution is -2.38. The fourth-order valence-electron chi connectivity index (χ4n) is 4.15. The molecule has 188 valence electrons. The van der Waals surface area contributed by atoms with Crippen LogP contribution in [0.25, 0.3) is 11.1 Å². The van der Waals surface area contributed by atoms with Gasteiger partial charge in [-0.1, -0.05) is 30.7 Å². The Labute approximate surface area is 209 Å². The summed E-state index contributed by atoms with van der Waals surface area (Å²) in [7, 11) is 0. The van der Waals surface area contributed by atoms with Crippen LogP contribution in [-0.2, 0) is 4.74 Å². The number of nitrogens with zero attached hydrogens (tertiary/aromatic N) is 2. The maximum atomic E-state index is 13.3. The highest BCUT2D eigenvalue weighted by atomic mass is 35.5. The number of hydrogen-bond acceptors (Lipinski definition) is 7. The van der Waals surface area contributed by atoms with Gasteiger partial charge in [-0.2, -0.15) is 0 Å². The molecule has 3 aromatic rings. The minimum absolute atomic E-state index is 0.132. The lowest BCUT2D eigenvalue weighted by molar-refractivity contribution is 0.0320. The Balaban J connectivity index is 1.58. The van der Waals surface area contributed by atoms with Crippen molar-refractivity contribution in [2.45, 2.75) is 33.1 Å². The van der Waals surface area contributed by atoms with Gasteiger partial charge < -0.3 is 18.6 Å². The van der Waals surface area contributed by atoms with Gasteiger partial charge in [0.25, 0.3) is 0 Å². The number of rotatable bonds is 10. The molecule has 2 heterocycles. The molecule has 1 unspecified atom stereocenters. The first-order valence-electron chi connectivity index (χ1n) is 11.8. The summed E-state index contributed by atoms with van der Waals surface area (Å²) in [4.78, 5) is 19.2. The molecule has 0 saturated carbocycles. The van der Waals surface area contributed by atoms with Gasteiger partial charge >= 0.3 is 0 Å². The van der Waals surface area contributed by atoms with E-state index >= 15 is 0 Å². The third-order valence-electron chi connectivity index (χ3n) is 6.15. The Bertz CT molecular complexity index is 1170. The molecule has 1 aromatic heterocycles. The second-order valence-electron chi connectivity index (χ2n) is 8.71. The molecular weight excluding hydrogens is 475 g/mol. The van der Waals surface area contributed by atoms with E-state index in [1.807, 2.05) is 6.92 Å². The first-order chi connectivity index (χ1) is 16.8. The lowest BCUT2D eigenvalue weighted by atomic mass is 9.98. The van der Waals surface area contributed by atoms with Crippen molar-refractivity contribution in [2.75, 3.05) is 46.1 Å². The molecule has 0 amide bonds. The average molecular weight is 505 g/mol. The van der Waals surface area contributed by atoms with Crippen molar-refractivity contribution in [3.8, 4) is 11.5 Å². The number of aryl methyl sites for hydroxylation is 1. The third kappa shape index (κ3) is 5.94. The Hall–Kier alpha value is -2.68. The van der Waals surface area contributed by atoms with E-state index in [0.29, 0.717) is 62.1 Å². The number of carbonyl (C=O) groups is 1. The lowest BCUT2D eigenvalue weighted by Gasteiger charge is -2.26. The summed E-state index contributed by atoms with van der Waals surface area (Å²) in [6.07, 6.45) is 0.658. The molecule has 1 aliphatic rings. The van der Waals surface area contributed by atoms with Gasteiger partial charge in [0.1, 0.15) is 17.9 Å². The van der Waals surface area contributed by atoms with Crippen LogP contribution in [0.4, 0.5) is 4.39 Å². The molecule has 4 rings (SSSR count). The van der Waals surface area contributed by atoms with Crippen molar-refractivity contribution in [2.24, 2.45) is 0 Å². The van der Waals surface area contributed by atoms with Crippen LogP contribution < -0.4 is 9.47 Å². The van der Waals surface area contributed by atoms with Gasteiger partial charge in [-0.05, 0) is 37.0 Å². The number of hydrogen-bond donors (Lipinski definition) is 0. The number of morpholine rings is 1. The molecule has 1 saturated heterocycles. The predicted octanol–water partition coefficient (Wildman–Crippen LogP) is 5.41. The number of benzene rings is 2. The first kappa shape index (κ1) is 25.4. The maximum Gasteiger partial charge on any atom is 0.207 e. The number of ether oxygens (including phenoxy) is 3. The molecule has 9 heteroatoms. The number of aromatic nitrogens is 1. The SMILES string of the molecule is CC(=O)c1c(OCCN2CCOCC2)c(OCCC(C)c2ccc(F)cc2)c2oc(C)nc2c1Cl. The largest absolute Gasteiger partial charge is 0.487 e. The van der Waals surface area contributed by atoms with Crippen LogP contribution in [-0.4, -0.2) is 61.7 Å². The molecule has 1 fully saturated rings. The summed E-state index contributed by atoms with van der Waals surface area (Å²) in [5, 5.41) is 0.192. The normalized spacial score (nSPS) is 15.3. The molecule has 7 nitrogen and oxygen atoms in total. The first-order valence-corrected chi connectivity index (χ1v) is 12.2. The molecule has 0 spiro atoms. The van der Waals surface area contributed by atoms with E-state index in [0.717, 1.165) is 18.7 Å². The highest BCUT2D eigenvalue weighted by molar-refractivity contribution is 6.39. The minimum atomic E-state index is -0.267. The second kappa shape index (κ2) is 11.4. The number of oxazole rings is 1. The van der Waals surface area contributed by atoms with Crippen molar-refractivity contribution in [1.29, 1.82) is 0 Å². The molecular formula is C26H30ClFN2O5. The van der Waals surface area contributed by atoms with Crippen LogP contribution in [0, 0.1) is 12.7 Å². The number of fused-ring (bicyclic) bond motifs is 1. The van der Waals surface area contributed by atoms with Gasteiger partial charge in [0.2, 0.25) is 11.3 Å². The van der Waals surface area contributed by atoms with Gasteiger partial charge in [-0.15, -0.1) is 0 Å². The number of carbonyl (C=O) groups excluding carboxylic acids is 1. The summed E-state index contributed by atoms with van der Waals surface area (Å²) in [6, 6.07) is 6.45. The van der Waals surface area contributed by atoms with E-state index in [-0.39, 0.29) is 33.9 Å². The summed E-state index contributed by atoms with van der Waals surface area (Å²) >= 11 is 6.60. The Morgan fingerprint density at radius 3 is 2.54 bits per heavy atom. The molecule has 35 heavy (non-hydrogen) atoms. The van der Waals surface area contributed by atoms with E-state index in [1.165, 1.54) is 19.1 Å². The standard InChI is InChI=1S/C26H30ClFN2O5/c1-16(19-4-6-20(28)7-5-19)8-12-33-26-24(34-15-11-30-9-13-32-14-10-30)21(17(2)31)22(27)23-25(26)35-18(3)29-23/h4-7,16H,8-15H2,1-3H3. The number of halogens is 2. The monoisotopic (exact) mass is 504 g/mol. The number of Topliss-reactive ketones (excluding diaryl/α,β-unsaturated/α-hetero) is 1. The average Bonchev–Trinajstić information content (AvgIpc) is 3.23. The third-order valence-corrected chi connectivity index (χ3v) is 6.51. The van der Waals surface area contributed by atoms with Crippen molar-refractivity contribution in [1.82, 2.24) is 9.88 Å². The minimum Gasteiger partial charge on any atom is -0.487 e. The second-order valence-corrected chi connectivity index (χ2v) is 9.08. The molecule has 0 aliphatic carbocycles. The van der Waals surface area contributed by atoms with Crippen LogP contribution in [0.2, 0.25) is 5.02 Å². The van der Waals surface area contributed by atoms with Gasteiger partial charge in [-0.25, -0.2) is 9.37 Å². The molecule has 1 atom stereocenters. The van der Waals surface area contributed by atoms with Crippen molar-refractivity contribution < 1.29 is 27.8 Å². The van der Waals surface area contributed by atoms with Crippen LogP contribution in [0.5, 0.6) is 11.5 Å². The Kier molecular flexibility index (Phi) is 8.26. The summed E-state index contributed by atoms with van der Waals surface area (Å²) in [6.45, 7) is 9.58. The number of ketones is 1. The zero-order valence-corrected chi connectivity index (χ0v) is 21.0. The van der Waals surface area contributed by atoms with E-state index in [1.54, 1.807) is 19.1 Å².